The van der Waals surface area contributed by atoms with E-state index >= 15 is 0 Å². The molecule has 0 aliphatic heterocycles. The van der Waals surface area contributed by atoms with Gasteiger partial charge < -0.3 is 14.2 Å². The predicted molar refractivity (Wildman–Crippen MR) is 106 cm³/mol. The van der Waals surface area contributed by atoms with Gasteiger partial charge in [-0.1, -0.05) is 12.1 Å². The van der Waals surface area contributed by atoms with Crippen LogP contribution in [0.2, 0.25) is 0 Å². The fourth-order valence-electron chi connectivity index (χ4n) is 2.50. The lowest BCUT2D eigenvalue weighted by molar-refractivity contribution is -0.128. The summed E-state index contributed by atoms with van der Waals surface area (Å²) in [5.41, 5.74) is 6.56. The van der Waals surface area contributed by atoms with Crippen molar-refractivity contribution in [3.05, 3.63) is 53.1 Å². The van der Waals surface area contributed by atoms with Crippen LogP contribution in [0.3, 0.4) is 0 Å². The molecule has 162 valence electrons. The molecule has 0 saturated carbocycles. The van der Waals surface area contributed by atoms with Gasteiger partial charge in [0, 0.05) is 5.56 Å². The Bertz CT molecular complexity index is 905. The Morgan fingerprint density at radius 1 is 1.00 bits per heavy atom. The number of hydrogen-bond acceptors (Lipinski definition) is 5. The topological polar surface area (TPSA) is 85.9 Å². The van der Waals surface area contributed by atoms with Gasteiger partial charge in [0.25, 0.3) is 11.8 Å². The molecular weight excluding hydrogens is 398 g/mol. The molecule has 1 unspecified atom stereocenters. The third-order valence-electron chi connectivity index (χ3n) is 4.25. The van der Waals surface area contributed by atoms with E-state index in [-0.39, 0.29) is 23.7 Å². The minimum absolute atomic E-state index is 0.0107. The molecule has 0 saturated heterocycles. The summed E-state index contributed by atoms with van der Waals surface area (Å²) in [6, 6.07) is 9.22. The predicted octanol–water partition coefficient (Wildman–Crippen LogP) is 3.53. The molecule has 0 spiro atoms. The van der Waals surface area contributed by atoms with Crippen molar-refractivity contribution in [2.45, 2.75) is 40.4 Å². The number of aryl methyl sites for hydroxylation is 1. The van der Waals surface area contributed by atoms with E-state index in [0.29, 0.717) is 5.75 Å². The highest BCUT2D eigenvalue weighted by molar-refractivity contribution is 5.96. The molecule has 0 heterocycles. The number of alkyl halides is 2. The number of nitrogens with one attached hydrogen (secondary N) is 2. The van der Waals surface area contributed by atoms with Crippen LogP contribution in [-0.4, -0.2) is 31.1 Å². The highest BCUT2D eigenvalue weighted by atomic mass is 19.3. The molecule has 2 aromatic carbocycles. The largest absolute Gasteiger partial charge is 0.490 e. The van der Waals surface area contributed by atoms with Crippen molar-refractivity contribution in [3.63, 3.8) is 0 Å². The maximum absolute atomic E-state index is 12.5. The number of halogens is 2. The number of hydrogen-bond donors (Lipinski definition) is 2. The van der Waals surface area contributed by atoms with Crippen LogP contribution >= 0.6 is 0 Å². The lowest BCUT2D eigenvalue weighted by Gasteiger charge is -2.17. The quantitative estimate of drug-likeness (QED) is 0.636. The third-order valence-corrected chi connectivity index (χ3v) is 4.25. The maximum atomic E-state index is 12.5. The average molecular weight is 422 g/mol. The van der Waals surface area contributed by atoms with Crippen molar-refractivity contribution in [3.8, 4) is 17.2 Å². The molecule has 0 aliphatic rings. The molecule has 9 heteroatoms. The molecule has 0 bridgehead atoms. The van der Waals surface area contributed by atoms with Gasteiger partial charge in [-0.3, -0.25) is 20.4 Å². The smallest absolute Gasteiger partial charge is 0.387 e. The first kappa shape index (κ1) is 22.9. The van der Waals surface area contributed by atoms with Crippen LogP contribution in [0.25, 0.3) is 0 Å². The Morgan fingerprint density at radius 2 is 1.73 bits per heavy atom. The van der Waals surface area contributed by atoms with Crippen molar-refractivity contribution < 1.29 is 32.6 Å². The number of carbonyl (C=O) groups is 2. The van der Waals surface area contributed by atoms with Crippen LogP contribution in [0.4, 0.5) is 8.78 Å². The van der Waals surface area contributed by atoms with Gasteiger partial charge in [0.2, 0.25) is 0 Å². The average Bonchev–Trinajstić information content (AvgIpc) is 2.70. The standard InChI is InChI=1S/C21H24F2N2O5/c1-5-28-18-11-15(9-10-17(18)30-21(22)23)20(27)25-24-19(26)14(4)29-16-8-6-7-12(2)13(16)3/h6-11,14,21H,5H2,1-4H3,(H,24,26)(H,25,27). The number of carbonyl (C=O) groups excluding carboxylic acids is 2. The second-order valence-electron chi connectivity index (χ2n) is 6.37. The summed E-state index contributed by atoms with van der Waals surface area (Å²) >= 11 is 0. The summed E-state index contributed by atoms with van der Waals surface area (Å²) < 4.78 is 40.2. The second-order valence-corrected chi connectivity index (χ2v) is 6.37. The number of rotatable bonds is 8. The van der Waals surface area contributed by atoms with Gasteiger partial charge in [0.15, 0.2) is 17.6 Å². The first-order valence-corrected chi connectivity index (χ1v) is 9.27. The number of ether oxygens (including phenoxy) is 3. The molecule has 1 atom stereocenters. The first-order valence-electron chi connectivity index (χ1n) is 9.27. The van der Waals surface area contributed by atoms with Gasteiger partial charge in [-0.2, -0.15) is 8.78 Å². The summed E-state index contributed by atoms with van der Waals surface area (Å²) in [5, 5.41) is 0. The van der Waals surface area contributed by atoms with Crippen molar-refractivity contribution in [2.75, 3.05) is 6.61 Å². The fraction of sp³-hybridized carbons (Fsp3) is 0.333. The van der Waals surface area contributed by atoms with E-state index in [9.17, 15) is 18.4 Å². The first-order chi connectivity index (χ1) is 14.2. The number of amides is 2. The van der Waals surface area contributed by atoms with Crippen LogP contribution in [0.1, 0.15) is 35.3 Å². The molecule has 2 amide bonds. The zero-order chi connectivity index (χ0) is 22.3. The highest BCUT2D eigenvalue weighted by Gasteiger charge is 2.18. The SMILES string of the molecule is CCOc1cc(C(=O)NNC(=O)C(C)Oc2cccc(C)c2C)ccc1OC(F)F. The third kappa shape index (κ3) is 6.07. The van der Waals surface area contributed by atoms with E-state index < -0.39 is 24.5 Å². The van der Waals surface area contributed by atoms with Gasteiger partial charge in [0.1, 0.15) is 5.75 Å². The highest BCUT2D eigenvalue weighted by Crippen LogP contribution is 2.29. The Morgan fingerprint density at radius 3 is 2.40 bits per heavy atom. The second kappa shape index (κ2) is 10.4. The molecular formula is C21H24F2N2O5. The molecule has 0 aliphatic carbocycles. The maximum Gasteiger partial charge on any atom is 0.387 e. The Kier molecular flexibility index (Phi) is 7.97. The van der Waals surface area contributed by atoms with E-state index in [2.05, 4.69) is 15.6 Å². The van der Waals surface area contributed by atoms with Gasteiger partial charge in [-0.15, -0.1) is 0 Å². The minimum Gasteiger partial charge on any atom is -0.490 e. The van der Waals surface area contributed by atoms with Crippen LogP contribution in [0.15, 0.2) is 36.4 Å². The van der Waals surface area contributed by atoms with E-state index in [0.717, 1.165) is 11.1 Å². The summed E-state index contributed by atoms with van der Waals surface area (Å²) in [6.45, 7) is 4.19. The fourth-order valence-corrected chi connectivity index (χ4v) is 2.50. The van der Waals surface area contributed by atoms with Crippen molar-refractivity contribution in [1.29, 1.82) is 0 Å². The monoisotopic (exact) mass is 422 g/mol. The van der Waals surface area contributed by atoms with Gasteiger partial charge >= 0.3 is 6.61 Å². The molecule has 0 radical (unpaired) electrons. The van der Waals surface area contributed by atoms with E-state index in [1.807, 2.05) is 26.0 Å². The Labute approximate surface area is 173 Å². The lowest BCUT2D eigenvalue weighted by Crippen LogP contribution is -2.47. The van der Waals surface area contributed by atoms with E-state index in [1.54, 1.807) is 19.9 Å². The van der Waals surface area contributed by atoms with Crippen LogP contribution in [0.5, 0.6) is 17.2 Å². The van der Waals surface area contributed by atoms with Crippen LogP contribution in [0, 0.1) is 13.8 Å². The van der Waals surface area contributed by atoms with Crippen molar-refractivity contribution in [1.82, 2.24) is 10.9 Å². The van der Waals surface area contributed by atoms with Gasteiger partial charge in [-0.25, -0.2) is 0 Å². The zero-order valence-electron chi connectivity index (χ0n) is 17.1. The van der Waals surface area contributed by atoms with E-state index in [4.69, 9.17) is 9.47 Å². The van der Waals surface area contributed by atoms with Gasteiger partial charge in [0.05, 0.1) is 6.61 Å². The molecule has 0 aromatic heterocycles. The normalized spacial score (nSPS) is 11.6. The lowest BCUT2D eigenvalue weighted by atomic mass is 10.1. The molecule has 2 N–H and O–H groups in total. The van der Waals surface area contributed by atoms with Crippen LogP contribution < -0.4 is 25.1 Å². The zero-order valence-corrected chi connectivity index (χ0v) is 17.1. The van der Waals surface area contributed by atoms with E-state index in [1.165, 1.54) is 18.2 Å². The number of benzene rings is 2. The van der Waals surface area contributed by atoms with Crippen LogP contribution in [-0.2, 0) is 4.79 Å². The van der Waals surface area contributed by atoms with Crippen molar-refractivity contribution in [2.24, 2.45) is 0 Å². The summed E-state index contributed by atoms with van der Waals surface area (Å²) in [6.07, 6.45) is -0.869. The molecule has 2 aromatic rings. The molecule has 2 rings (SSSR count). The van der Waals surface area contributed by atoms with Crippen molar-refractivity contribution >= 4 is 11.8 Å². The molecule has 0 fully saturated rings. The number of hydrazine groups is 1. The summed E-state index contributed by atoms with van der Waals surface area (Å²) in [5.74, 6) is -0.856. The Balaban J connectivity index is 1.99. The minimum atomic E-state index is -3.03. The Hall–Kier alpha value is -3.36. The molecule has 7 nitrogen and oxygen atoms in total. The summed E-state index contributed by atoms with van der Waals surface area (Å²) in [4.78, 5) is 24.6. The molecule has 30 heavy (non-hydrogen) atoms. The summed E-state index contributed by atoms with van der Waals surface area (Å²) in [7, 11) is 0. The van der Waals surface area contributed by atoms with Gasteiger partial charge in [-0.05, 0) is 63.1 Å².